The first-order chi connectivity index (χ1) is 14.8. The molecule has 158 valence electrons. The third-order valence-electron chi connectivity index (χ3n) is 6.11. The molecule has 0 atom stereocenters. The highest BCUT2D eigenvalue weighted by molar-refractivity contribution is 5.94. The Morgan fingerprint density at radius 3 is 2.40 bits per heavy atom. The van der Waals surface area contributed by atoms with Crippen molar-refractivity contribution in [2.24, 2.45) is 0 Å². The number of rotatable bonds is 5. The number of para-hydroxylation sites is 2. The van der Waals surface area contributed by atoms with Crippen LogP contribution in [-0.2, 0) is 0 Å². The molecule has 2 amide bonds. The Kier molecular flexibility index (Phi) is 5.36. The van der Waals surface area contributed by atoms with Crippen LogP contribution in [0.1, 0.15) is 0 Å². The van der Waals surface area contributed by atoms with Crippen LogP contribution < -0.4 is 19.3 Å². The van der Waals surface area contributed by atoms with Crippen LogP contribution in [0, 0.1) is 0 Å². The Hall–Kier alpha value is -2.93. The standard InChI is InChI=1S/C23H28N4O3/c28-23-26(15-16-27(23)19-5-2-1-3-6-19)14-11-24-9-12-25(13-10-24)20-7-4-8-21-22(20)30-18-17-29-21/h1-8H,9-18H2. The highest BCUT2D eigenvalue weighted by atomic mass is 16.6. The van der Waals surface area contributed by atoms with E-state index in [9.17, 15) is 4.79 Å². The number of fused-ring (bicyclic) bond motifs is 1. The lowest BCUT2D eigenvalue weighted by Crippen LogP contribution is -2.49. The number of nitrogens with zero attached hydrogens (tertiary/aromatic N) is 4. The van der Waals surface area contributed by atoms with Crippen molar-refractivity contribution in [2.75, 3.05) is 75.4 Å². The van der Waals surface area contributed by atoms with Gasteiger partial charge >= 0.3 is 6.03 Å². The minimum Gasteiger partial charge on any atom is -0.486 e. The summed E-state index contributed by atoms with van der Waals surface area (Å²) in [5.74, 6) is 1.72. The number of urea groups is 1. The van der Waals surface area contributed by atoms with E-state index in [1.807, 2.05) is 52.3 Å². The normalized spacial score (nSPS) is 19.5. The molecule has 0 bridgehead atoms. The Balaban J connectivity index is 1.13. The van der Waals surface area contributed by atoms with Gasteiger partial charge in [0.25, 0.3) is 0 Å². The molecule has 0 aromatic heterocycles. The van der Waals surface area contributed by atoms with E-state index < -0.39 is 0 Å². The van der Waals surface area contributed by atoms with Gasteiger partial charge in [0.05, 0.1) is 5.69 Å². The quantitative estimate of drug-likeness (QED) is 0.761. The SMILES string of the molecule is O=C1N(CCN2CCN(c3cccc4c3OCCO4)CC2)CCN1c1ccccc1. The van der Waals surface area contributed by atoms with E-state index in [0.717, 1.165) is 75.2 Å². The van der Waals surface area contributed by atoms with Gasteiger partial charge < -0.3 is 19.3 Å². The van der Waals surface area contributed by atoms with E-state index in [1.54, 1.807) is 0 Å². The fourth-order valence-corrected chi connectivity index (χ4v) is 4.42. The molecular weight excluding hydrogens is 380 g/mol. The molecule has 0 spiro atoms. The second kappa shape index (κ2) is 8.44. The van der Waals surface area contributed by atoms with E-state index in [-0.39, 0.29) is 6.03 Å². The van der Waals surface area contributed by atoms with Gasteiger partial charge in [-0.2, -0.15) is 0 Å². The summed E-state index contributed by atoms with van der Waals surface area (Å²) in [6.07, 6.45) is 0. The lowest BCUT2D eigenvalue weighted by Gasteiger charge is -2.37. The molecule has 3 aliphatic heterocycles. The predicted molar refractivity (Wildman–Crippen MR) is 117 cm³/mol. The predicted octanol–water partition coefficient (Wildman–Crippen LogP) is 2.52. The summed E-state index contributed by atoms with van der Waals surface area (Å²) < 4.78 is 11.6. The molecule has 2 saturated heterocycles. The van der Waals surface area contributed by atoms with Crippen LogP contribution in [0.2, 0.25) is 0 Å². The molecule has 7 nitrogen and oxygen atoms in total. The van der Waals surface area contributed by atoms with Crippen LogP contribution in [0.3, 0.4) is 0 Å². The molecule has 0 aliphatic carbocycles. The highest BCUT2D eigenvalue weighted by Crippen LogP contribution is 2.39. The molecular formula is C23H28N4O3. The topological polar surface area (TPSA) is 48.5 Å². The lowest BCUT2D eigenvalue weighted by molar-refractivity contribution is 0.171. The maximum absolute atomic E-state index is 12.8. The summed E-state index contributed by atoms with van der Waals surface area (Å²) in [5, 5.41) is 0. The van der Waals surface area contributed by atoms with Crippen molar-refractivity contribution in [1.82, 2.24) is 9.80 Å². The molecule has 7 heteroatoms. The van der Waals surface area contributed by atoms with Gasteiger partial charge in [-0.05, 0) is 24.3 Å². The third kappa shape index (κ3) is 3.77. The summed E-state index contributed by atoms with van der Waals surface area (Å²) in [6.45, 7) is 8.32. The molecule has 3 heterocycles. The number of carbonyl (C=O) groups excluding carboxylic acids is 1. The van der Waals surface area contributed by atoms with Gasteiger partial charge in [-0.15, -0.1) is 0 Å². The molecule has 2 aromatic carbocycles. The fourth-order valence-electron chi connectivity index (χ4n) is 4.42. The summed E-state index contributed by atoms with van der Waals surface area (Å²) in [4.78, 5) is 21.4. The first-order valence-electron chi connectivity index (χ1n) is 10.8. The second-order valence-electron chi connectivity index (χ2n) is 7.89. The summed E-state index contributed by atoms with van der Waals surface area (Å²) in [7, 11) is 0. The first-order valence-corrected chi connectivity index (χ1v) is 10.8. The number of carbonyl (C=O) groups is 1. The molecule has 0 radical (unpaired) electrons. The molecule has 0 unspecified atom stereocenters. The zero-order valence-electron chi connectivity index (χ0n) is 17.2. The van der Waals surface area contributed by atoms with Crippen molar-refractivity contribution >= 4 is 17.4 Å². The fraction of sp³-hybridized carbons (Fsp3) is 0.435. The van der Waals surface area contributed by atoms with E-state index in [4.69, 9.17) is 9.47 Å². The number of ether oxygens (including phenoxy) is 2. The number of benzene rings is 2. The summed E-state index contributed by atoms with van der Waals surface area (Å²) in [6, 6.07) is 16.2. The van der Waals surface area contributed by atoms with Crippen molar-refractivity contribution < 1.29 is 14.3 Å². The molecule has 30 heavy (non-hydrogen) atoms. The van der Waals surface area contributed by atoms with Gasteiger partial charge in [-0.1, -0.05) is 24.3 Å². The highest BCUT2D eigenvalue weighted by Gasteiger charge is 2.30. The van der Waals surface area contributed by atoms with Gasteiger partial charge in [0.2, 0.25) is 0 Å². The van der Waals surface area contributed by atoms with E-state index in [2.05, 4.69) is 15.9 Å². The molecule has 5 rings (SSSR count). The molecule has 0 N–H and O–H groups in total. The molecule has 2 aromatic rings. The van der Waals surface area contributed by atoms with E-state index in [0.29, 0.717) is 13.2 Å². The smallest absolute Gasteiger partial charge is 0.324 e. The van der Waals surface area contributed by atoms with Crippen LogP contribution in [0.15, 0.2) is 48.5 Å². The van der Waals surface area contributed by atoms with Crippen molar-refractivity contribution in [2.45, 2.75) is 0 Å². The largest absolute Gasteiger partial charge is 0.486 e. The maximum Gasteiger partial charge on any atom is 0.324 e. The molecule has 0 saturated carbocycles. The summed E-state index contributed by atoms with van der Waals surface area (Å²) in [5.41, 5.74) is 2.11. The van der Waals surface area contributed by atoms with Crippen molar-refractivity contribution in [3.05, 3.63) is 48.5 Å². The van der Waals surface area contributed by atoms with E-state index in [1.165, 1.54) is 0 Å². The Labute approximate surface area is 177 Å². The van der Waals surface area contributed by atoms with Crippen LogP contribution in [-0.4, -0.2) is 81.4 Å². The van der Waals surface area contributed by atoms with E-state index >= 15 is 0 Å². The molecule has 3 aliphatic rings. The van der Waals surface area contributed by atoms with Crippen LogP contribution >= 0.6 is 0 Å². The number of hydrogen-bond donors (Lipinski definition) is 0. The first kappa shape index (κ1) is 19.1. The van der Waals surface area contributed by atoms with Crippen molar-refractivity contribution in [3.63, 3.8) is 0 Å². The third-order valence-corrected chi connectivity index (χ3v) is 6.11. The van der Waals surface area contributed by atoms with Crippen molar-refractivity contribution in [1.29, 1.82) is 0 Å². The lowest BCUT2D eigenvalue weighted by atomic mass is 10.2. The Bertz CT molecular complexity index is 883. The van der Waals surface area contributed by atoms with Gasteiger partial charge in [0.15, 0.2) is 11.5 Å². The zero-order chi connectivity index (χ0) is 20.3. The monoisotopic (exact) mass is 408 g/mol. The average Bonchev–Trinajstić information content (AvgIpc) is 3.18. The van der Waals surface area contributed by atoms with Crippen LogP contribution in [0.25, 0.3) is 0 Å². The minimum absolute atomic E-state index is 0.118. The van der Waals surface area contributed by atoms with Gasteiger partial charge in [0, 0.05) is 58.0 Å². The van der Waals surface area contributed by atoms with Crippen molar-refractivity contribution in [3.8, 4) is 11.5 Å². The van der Waals surface area contributed by atoms with Gasteiger partial charge in [-0.25, -0.2) is 4.79 Å². The number of piperazine rings is 1. The number of anilines is 2. The Morgan fingerprint density at radius 2 is 1.57 bits per heavy atom. The van der Waals surface area contributed by atoms with Gasteiger partial charge in [-0.3, -0.25) is 9.80 Å². The second-order valence-corrected chi connectivity index (χ2v) is 7.89. The number of hydrogen-bond acceptors (Lipinski definition) is 5. The maximum atomic E-state index is 12.8. The van der Waals surface area contributed by atoms with Crippen LogP contribution in [0.4, 0.5) is 16.2 Å². The average molecular weight is 409 g/mol. The Morgan fingerprint density at radius 1 is 0.767 bits per heavy atom. The van der Waals surface area contributed by atoms with Crippen LogP contribution in [0.5, 0.6) is 11.5 Å². The molecule has 2 fully saturated rings. The zero-order valence-corrected chi connectivity index (χ0v) is 17.2. The van der Waals surface area contributed by atoms with Gasteiger partial charge in [0.1, 0.15) is 13.2 Å². The minimum atomic E-state index is 0.118. The summed E-state index contributed by atoms with van der Waals surface area (Å²) >= 11 is 0. The number of amides is 2.